The Labute approximate surface area is 344 Å². The molecule has 57 heavy (non-hydrogen) atoms. The Morgan fingerprint density at radius 3 is 1.72 bits per heavy atom. The van der Waals surface area contributed by atoms with Crippen molar-refractivity contribution in [2.24, 2.45) is 0 Å². The van der Waals surface area contributed by atoms with Crippen molar-refractivity contribution in [3.8, 4) is 33.4 Å². The van der Waals surface area contributed by atoms with Gasteiger partial charge in [0.25, 0.3) is 0 Å². The second kappa shape index (κ2) is 12.9. The first-order valence-electron chi connectivity index (χ1n) is 22.5. The molecule has 270 valence electrons. The summed E-state index contributed by atoms with van der Waals surface area (Å²) in [5.74, 6) is 0. The number of hydrogen-bond acceptors (Lipinski definition) is 1. The highest BCUT2D eigenvalue weighted by molar-refractivity contribution is 7.22. The maximum atomic E-state index is 8.86. The van der Waals surface area contributed by atoms with E-state index in [1.54, 1.807) is 18.2 Å². The molecule has 9 aromatic carbocycles. The summed E-state index contributed by atoms with van der Waals surface area (Å²) in [4.78, 5) is 2.10. The number of anilines is 3. The van der Waals surface area contributed by atoms with Crippen LogP contribution in [0.2, 0.25) is 0 Å². The fourth-order valence-electron chi connectivity index (χ4n) is 9.62. The molecule has 0 saturated heterocycles. The normalized spacial score (nSPS) is 16.1. The van der Waals surface area contributed by atoms with Gasteiger partial charge >= 0.3 is 0 Å². The molecule has 0 N–H and O–H groups in total. The molecule has 2 aliphatic rings. The van der Waals surface area contributed by atoms with Gasteiger partial charge in [0.2, 0.25) is 0 Å². The largest absolute Gasteiger partial charge is 0.310 e. The molecule has 2 heteroatoms. The van der Waals surface area contributed by atoms with Crippen LogP contribution in [0.3, 0.4) is 0 Å². The van der Waals surface area contributed by atoms with Crippen LogP contribution in [0.5, 0.6) is 0 Å². The van der Waals surface area contributed by atoms with Crippen molar-refractivity contribution in [3.05, 3.63) is 223 Å². The van der Waals surface area contributed by atoms with Crippen LogP contribution in [0.15, 0.2) is 212 Å². The Hall–Kier alpha value is -6.74. The Morgan fingerprint density at radius 1 is 0.386 bits per heavy atom. The highest BCUT2D eigenvalue weighted by atomic mass is 28.3. The van der Waals surface area contributed by atoms with Crippen molar-refractivity contribution in [3.63, 3.8) is 0 Å². The van der Waals surface area contributed by atoms with E-state index in [0.717, 1.165) is 33.3 Å². The van der Waals surface area contributed by atoms with Crippen LogP contribution < -0.4 is 25.6 Å². The van der Waals surface area contributed by atoms with Crippen molar-refractivity contribution >= 4 is 56.7 Å². The third kappa shape index (κ3) is 5.07. The molecule has 11 rings (SSSR count). The molecular weight excluding hydrogens is 703 g/mol. The van der Waals surface area contributed by atoms with E-state index in [1.807, 2.05) is 36.4 Å². The monoisotopic (exact) mass is 749 g/mol. The fraction of sp³-hybridized carbons (Fsp3) is 0.0545. The van der Waals surface area contributed by atoms with E-state index in [-0.39, 0.29) is 5.56 Å². The van der Waals surface area contributed by atoms with Crippen molar-refractivity contribution in [2.75, 3.05) is 4.90 Å². The van der Waals surface area contributed by atoms with Crippen molar-refractivity contribution in [1.29, 1.82) is 0 Å². The maximum absolute atomic E-state index is 8.86. The van der Waals surface area contributed by atoms with Gasteiger partial charge in [-0.1, -0.05) is 190 Å². The first kappa shape index (κ1) is 27.8. The molecule has 9 aromatic rings. The molecule has 0 amide bonds. The van der Waals surface area contributed by atoms with Gasteiger partial charge in [-0.2, -0.15) is 0 Å². The number of rotatable bonds is 6. The summed E-state index contributed by atoms with van der Waals surface area (Å²) in [6, 6.07) is 73.6. The lowest BCUT2D eigenvalue weighted by molar-refractivity contribution is 0.660. The Kier molecular flexibility index (Phi) is 6.29. The lowest BCUT2D eigenvalue weighted by Gasteiger charge is -2.31. The Bertz CT molecular complexity index is 3170. The molecule has 0 radical (unpaired) electrons. The van der Waals surface area contributed by atoms with Gasteiger partial charge in [0.1, 0.15) is 0 Å². The minimum Gasteiger partial charge on any atom is -0.310 e. The van der Waals surface area contributed by atoms with Gasteiger partial charge in [-0.25, -0.2) is 0 Å². The number of benzene rings is 9. The summed E-state index contributed by atoms with van der Waals surface area (Å²) in [5, 5.41) is 7.60. The van der Waals surface area contributed by atoms with Gasteiger partial charge in [-0.05, 0) is 112 Å². The standard InChI is InChI=1S/C55H41NSi/c1-55(2)51-24-11-8-21-47(51)48-34-33-44(37-52(48)55)56(43-32-29-38-15-6-7-16-40(38)35-43)42-30-27-39(28-31-42)41-17-14-20-46(36-41)57(45-18-4-3-5-19-45)53-25-12-9-22-49(53)50-23-10-13-26-54(50)57/h3-37H,1-2H3/i1D3,2D3. The minimum absolute atomic E-state index is 0.284. The van der Waals surface area contributed by atoms with Crippen LogP contribution in [0.25, 0.3) is 44.2 Å². The van der Waals surface area contributed by atoms with Crippen LogP contribution in [0.4, 0.5) is 17.1 Å². The highest BCUT2D eigenvalue weighted by Gasteiger charge is 2.48. The summed E-state index contributed by atoms with van der Waals surface area (Å²) < 4.78 is 53.2. The average Bonchev–Trinajstić information content (AvgIpc) is 3.79. The average molecular weight is 750 g/mol. The SMILES string of the molecule is [2H]C([2H])([2H])C1(C([2H])([2H])[2H])c2ccccc2-c2ccc(N(c3ccc(-c4cccc([Si]5(c6ccccc6)c6ccccc6-c6ccccc65)c4)cc3)c3ccc4ccccc4c3)cc21. The summed E-state index contributed by atoms with van der Waals surface area (Å²) in [5.41, 5.74) is 6.79. The van der Waals surface area contributed by atoms with Crippen LogP contribution in [-0.4, -0.2) is 8.07 Å². The molecule has 0 saturated carbocycles. The maximum Gasteiger partial charge on any atom is 0.180 e. The second-order valence-electron chi connectivity index (χ2n) is 15.2. The van der Waals surface area contributed by atoms with E-state index in [2.05, 4.69) is 163 Å². The van der Waals surface area contributed by atoms with E-state index in [0.29, 0.717) is 22.4 Å². The Balaban J connectivity index is 1.06. The van der Waals surface area contributed by atoms with Gasteiger partial charge in [0, 0.05) is 30.7 Å². The topological polar surface area (TPSA) is 3.24 Å². The molecule has 0 spiro atoms. The molecule has 0 aromatic heterocycles. The third-order valence-electron chi connectivity index (χ3n) is 12.2. The quantitative estimate of drug-likeness (QED) is 0.153. The highest BCUT2D eigenvalue weighted by Crippen LogP contribution is 2.50. The number of hydrogen-bond donors (Lipinski definition) is 0. The molecule has 0 bridgehead atoms. The molecule has 1 aliphatic carbocycles. The third-order valence-corrected chi connectivity index (χ3v) is 17.1. The molecule has 0 fully saturated rings. The van der Waals surface area contributed by atoms with Crippen LogP contribution in [-0.2, 0) is 5.41 Å². The summed E-state index contributed by atoms with van der Waals surface area (Å²) in [6.07, 6.45) is 0. The predicted molar refractivity (Wildman–Crippen MR) is 244 cm³/mol. The van der Waals surface area contributed by atoms with E-state index in [9.17, 15) is 0 Å². The second-order valence-corrected chi connectivity index (χ2v) is 19.0. The van der Waals surface area contributed by atoms with Crippen LogP contribution in [0, 0.1) is 0 Å². The lowest BCUT2D eigenvalue weighted by atomic mass is 9.82. The van der Waals surface area contributed by atoms with E-state index >= 15 is 0 Å². The first-order chi connectivity index (χ1) is 30.5. The minimum atomic E-state index is -2.87. The summed E-state index contributed by atoms with van der Waals surface area (Å²) in [7, 11) is -2.69. The van der Waals surface area contributed by atoms with Gasteiger partial charge in [-0.15, -0.1) is 0 Å². The van der Waals surface area contributed by atoms with Crippen molar-refractivity contribution in [2.45, 2.75) is 19.1 Å². The van der Waals surface area contributed by atoms with Gasteiger partial charge in [0.15, 0.2) is 8.07 Å². The summed E-state index contributed by atoms with van der Waals surface area (Å²) in [6.45, 7) is -5.74. The molecule has 0 unspecified atom stereocenters. The molecular formula is C55H41NSi. The predicted octanol–water partition coefficient (Wildman–Crippen LogP) is 11.6. The zero-order valence-corrected chi connectivity index (χ0v) is 32.2. The molecule has 1 heterocycles. The van der Waals surface area contributed by atoms with E-state index < -0.39 is 27.2 Å². The van der Waals surface area contributed by atoms with Crippen LogP contribution >= 0.6 is 0 Å². The number of fused-ring (bicyclic) bond motifs is 7. The smallest absolute Gasteiger partial charge is 0.180 e. The zero-order valence-electron chi connectivity index (χ0n) is 37.2. The molecule has 1 nitrogen and oxygen atoms in total. The fourth-order valence-corrected chi connectivity index (χ4v) is 14.8. The lowest BCUT2D eigenvalue weighted by Crippen LogP contribution is -2.72. The zero-order chi connectivity index (χ0) is 43.1. The van der Waals surface area contributed by atoms with Gasteiger partial charge < -0.3 is 4.90 Å². The molecule has 0 atom stereocenters. The van der Waals surface area contributed by atoms with Crippen LogP contribution in [0.1, 0.15) is 33.1 Å². The van der Waals surface area contributed by atoms with E-state index in [4.69, 9.17) is 8.22 Å². The first-order valence-corrected chi connectivity index (χ1v) is 21.5. The van der Waals surface area contributed by atoms with E-state index in [1.165, 1.54) is 31.9 Å². The van der Waals surface area contributed by atoms with Crippen molar-refractivity contribution in [1.82, 2.24) is 0 Å². The molecule has 1 aliphatic heterocycles. The van der Waals surface area contributed by atoms with Gasteiger partial charge in [0.05, 0.1) is 0 Å². The Morgan fingerprint density at radius 2 is 0.965 bits per heavy atom. The van der Waals surface area contributed by atoms with Crippen molar-refractivity contribution < 1.29 is 8.22 Å². The van der Waals surface area contributed by atoms with Gasteiger partial charge in [-0.3, -0.25) is 0 Å². The summed E-state index contributed by atoms with van der Waals surface area (Å²) >= 11 is 0. The number of nitrogens with zero attached hydrogens (tertiary/aromatic N) is 1.